The van der Waals surface area contributed by atoms with Crippen molar-refractivity contribution in [1.82, 2.24) is 4.90 Å². The van der Waals surface area contributed by atoms with Gasteiger partial charge in [-0.05, 0) is 56.1 Å². The Morgan fingerprint density at radius 2 is 1.96 bits per heavy atom. The Labute approximate surface area is 156 Å². The number of benzene rings is 1. The number of ether oxygens (including phenoxy) is 1. The summed E-state index contributed by atoms with van der Waals surface area (Å²) in [6.45, 7) is 3.61. The number of hydrogen-bond donors (Lipinski definition) is 0. The van der Waals surface area contributed by atoms with E-state index >= 15 is 0 Å². The largest absolute Gasteiger partial charge is 0.444 e. The number of piperidine rings is 3. The van der Waals surface area contributed by atoms with E-state index in [0.717, 1.165) is 47.4 Å². The highest BCUT2D eigenvalue weighted by Gasteiger charge is 2.37. The topological polar surface area (TPSA) is 32.8 Å². The molecule has 4 nitrogen and oxygen atoms in total. The zero-order chi connectivity index (χ0) is 17.2. The monoisotopic (exact) mass is 376 g/mol. The van der Waals surface area contributed by atoms with Crippen LogP contribution in [0.15, 0.2) is 42.5 Å². The lowest BCUT2D eigenvalue weighted by Crippen LogP contribution is -2.53. The van der Waals surface area contributed by atoms with Crippen LogP contribution in [0.4, 0.5) is 10.5 Å². The van der Waals surface area contributed by atoms with E-state index in [1.165, 1.54) is 11.3 Å². The van der Waals surface area contributed by atoms with Gasteiger partial charge in [0.1, 0.15) is 6.10 Å². The van der Waals surface area contributed by atoms with E-state index < -0.39 is 0 Å². The summed E-state index contributed by atoms with van der Waals surface area (Å²) in [4.78, 5) is 18.1. The molecule has 1 amide bonds. The van der Waals surface area contributed by atoms with Gasteiger partial charge in [-0.3, -0.25) is 9.80 Å². The Hall–Kier alpha value is -1.56. The van der Waals surface area contributed by atoms with Crippen molar-refractivity contribution in [2.24, 2.45) is 5.92 Å². The van der Waals surface area contributed by atoms with Crippen LogP contribution < -0.4 is 4.90 Å². The van der Waals surface area contributed by atoms with E-state index in [1.807, 2.05) is 42.5 Å². The van der Waals surface area contributed by atoms with Crippen LogP contribution in [-0.4, -0.2) is 36.7 Å². The SMILES string of the molecule is O=C(OC1CN2CCC1CC2)N(Cc1ccc(Cl)s1)c1ccccc1. The van der Waals surface area contributed by atoms with Crippen molar-refractivity contribution in [3.05, 3.63) is 51.7 Å². The van der Waals surface area contributed by atoms with Crippen molar-refractivity contribution in [1.29, 1.82) is 0 Å². The number of rotatable bonds is 4. The molecule has 1 unspecified atom stereocenters. The van der Waals surface area contributed by atoms with Gasteiger partial charge in [-0.2, -0.15) is 0 Å². The third-order valence-corrected chi connectivity index (χ3v) is 6.30. The van der Waals surface area contributed by atoms with E-state index in [1.54, 1.807) is 4.90 Å². The van der Waals surface area contributed by atoms with Crippen molar-refractivity contribution in [3.8, 4) is 0 Å². The predicted octanol–water partition coefficient (Wildman–Crippen LogP) is 4.64. The third kappa shape index (κ3) is 3.84. The van der Waals surface area contributed by atoms with Gasteiger partial charge in [0.05, 0.1) is 10.9 Å². The smallest absolute Gasteiger partial charge is 0.414 e. The molecule has 0 radical (unpaired) electrons. The van der Waals surface area contributed by atoms with E-state index in [4.69, 9.17) is 16.3 Å². The molecule has 25 heavy (non-hydrogen) atoms. The minimum absolute atomic E-state index is 0.00753. The minimum Gasteiger partial charge on any atom is -0.444 e. The van der Waals surface area contributed by atoms with Gasteiger partial charge in [0.2, 0.25) is 0 Å². The molecular weight excluding hydrogens is 356 g/mol. The molecule has 0 N–H and O–H groups in total. The molecule has 0 spiro atoms. The van der Waals surface area contributed by atoms with Crippen molar-refractivity contribution in [2.75, 3.05) is 24.5 Å². The number of hydrogen-bond acceptors (Lipinski definition) is 4. The number of anilines is 1. The highest BCUT2D eigenvalue weighted by atomic mass is 35.5. The maximum absolute atomic E-state index is 13.0. The molecular formula is C19H21ClN2O2S. The fourth-order valence-corrected chi connectivity index (χ4v) is 4.78. The second kappa shape index (κ2) is 7.36. The molecule has 2 bridgehead atoms. The standard InChI is InChI=1S/C19H21ClN2O2S/c20-18-7-6-16(25-18)12-22(15-4-2-1-3-5-15)19(23)24-17-13-21-10-8-14(17)9-11-21/h1-7,14,17H,8-13H2. The summed E-state index contributed by atoms with van der Waals surface area (Å²) >= 11 is 7.54. The lowest BCUT2D eigenvalue weighted by molar-refractivity contribution is -0.0311. The van der Waals surface area contributed by atoms with Crippen LogP contribution in [0.25, 0.3) is 0 Å². The first kappa shape index (κ1) is 16.9. The Kier molecular flexibility index (Phi) is 4.97. The summed E-state index contributed by atoms with van der Waals surface area (Å²) in [6.07, 6.45) is 2.00. The van der Waals surface area contributed by atoms with Crippen molar-refractivity contribution in [3.63, 3.8) is 0 Å². The molecule has 2 aromatic rings. The fourth-order valence-electron chi connectivity index (χ4n) is 3.70. The zero-order valence-corrected chi connectivity index (χ0v) is 15.5. The van der Waals surface area contributed by atoms with Gasteiger partial charge in [0.15, 0.2) is 0 Å². The predicted molar refractivity (Wildman–Crippen MR) is 101 cm³/mol. The quantitative estimate of drug-likeness (QED) is 0.779. The normalized spacial score (nSPS) is 24.9. The average Bonchev–Trinajstić information content (AvgIpc) is 3.06. The van der Waals surface area contributed by atoms with Crippen molar-refractivity contribution in [2.45, 2.75) is 25.5 Å². The van der Waals surface area contributed by atoms with Crippen LogP contribution in [0.1, 0.15) is 17.7 Å². The van der Waals surface area contributed by atoms with Crippen molar-refractivity contribution >= 4 is 34.7 Å². The molecule has 1 aromatic carbocycles. The molecule has 5 rings (SSSR count). The molecule has 6 heteroatoms. The lowest BCUT2D eigenvalue weighted by Gasteiger charge is -2.44. The van der Waals surface area contributed by atoms with Crippen LogP contribution in [0.2, 0.25) is 4.34 Å². The number of fused-ring (bicyclic) bond motifs is 3. The van der Waals surface area contributed by atoms with Crippen LogP contribution in [0.3, 0.4) is 0 Å². The van der Waals surface area contributed by atoms with Crippen LogP contribution >= 0.6 is 22.9 Å². The van der Waals surface area contributed by atoms with Gasteiger partial charge in [-0.15, -0.1) is 11.3 Å². The van der Waals surface area contributed by atoms with Gasteiger partial charge < -0.3 is 4.74 Å². The molecule has 3 saturated heterocycles. The maximum atomic E-state index is 13.0. The van der Waals surface area contributed by atoms with Crippen LogP contribution in [0, 0.1) is 5.92 Å². The first-order valence-corrected chi connectivity index (χ1v) is 9.88. The first-order chi connectivity index (χ1) is 12.2. The number of amides is 1. The molecule has 4 heterocycles. The Morgan fingerprint density at radius 3 is 2.56 bits per heavy atom. The number of nitrogens with zero attached hydrogens (tertiary/aromatic N) is 2. The molecule has 3 aliphatic rings. The summed E-state index contributed by atoms with van der Waals surface area (Å²) in [6, 6.07) is 13.5. The third-order valence-electron chi connectivity index (χ3n) is 5.08. The zero-order valence-electron chi connectivity index (χ0n) is 13.9. The van der Waals surface area contributed by atoms with Gasteiger partial charge in [-0.1, -0.05) is 29.8 Å². The van der Waals surface area contributed by atoms with E-state index in [2.05, 4.69) is 4.90 Å². The number of carbonyl (C=O) groups is 1. The summed E-state index contributed by atoms with van der Waals surface area (Å²) in [5.41, 5.74) is 0.846. The van der Waals surface area contributed by atoms with Crippen molar-refractivity contribution < 1.29 is 9.53 Å². The molecule has 132 valence electrons. The highest BCUT2D eigenvalue weighted by molar-refractivity contribution is 7.16. The van der Waals surface area contributed by atoms with E-state index in [-0.39, 0.29) is 12.2 Å². The van der Waals surface area contributed by atoms with Gasteiger partial charge in [0.25, 0.3) is 0 Å². The minimum atomic E-state index is -0.269. The van der Waals surface area contributed by atoms with Crippen LogP contribution in [0.5, 0.6) is 0 Å². The van der Waals surface area contributed by atoms with E-state index in [0.29, 0.717) is 12.5 Å². The molecule has 1 atom stereocenters. The highest BCUT2D eigenvalue weighted by Crippen LogP contribution is 2.31. The number of carbonyl (C=O) groups excluding carboxylic acids is 1. The maximum Gasteiger partial charge on any atom is 0.414 e. The fraction of sp³-hybridized carbons (Fsp3) is 0.421. The van der Waals surface area contributed by atoms with E-state index in [9.17, 15) is 4.79 Å². The summed E-state index contributed by atoms with van der Waals surface area (Å²) < 4.78 is 6.67. The molecule has 1 aromatic heterocycles. The Bertz CT molecular complexity index is 728. The second-order valence-corrected chi connectivity index (χ2v) is 8.49. The summed E-state index contributed by atoms with van der Waals surface area (Å²) in [5, 5.41) is 0. The van der Waals surface area contributed by atoms with Gasteiger partial charge in [0, 0.05) is 17.1 Å². The molecule has 0 saturated carbocycles. The summed E-state index contributed by atoms with van der Waals surface area (Å²) in [5.74, 6) is 0.503. The number of thiophene rings is 1. The van der Waals surface area contributed by atoms with Gasteiger partial charge in [-0.25, -0.2) is 4.79 Å². The lowest BCUT2D eigenvalue weighted by atomic mass is 9.86. The molecule has 3 fully saturated rings. The summed E-state index contributed by atoms with van der Waals surface area (Å²) in [7, 11) is 0. The molecule has 0 aliphatic carbocycles. The average molecular weight is 377 g/mol. The first-order valence-electron chi connectivity index (χ1n) is 8.69. The number of para-hydroxylation sites is 1. The molecule has 3 aliphatic heterocycles. The van der Waals surface area contributed by atoms with Gasteiger partial charge >= 0.3 is 6.09 Å². The van der Waals surface area contributed by atoms with Crippen LogP contribution in [-0.2, 0) is 11.3 Å². The number of halogens is 1. The second-order valence-electron chi connectivity index (χ2n) is 6.69. The Morgan fingerprint density at radius 1 is 1.20 bits per heavy atom. The Balaban J connectivity index is 1.51.